The fourth-order valence-corrected chi connectivity index (χ4v) is 11.5. The standard InChI is InChI=1S/C29H37.2C8H8.C5H5.Zr/c1-18-25-22-17-19-13-9-10-14-20(19)24(22)21-15-11-12-16-23(21)29(25,8)28(6,7)27(4,5)26(18,2)3;2*1-7-3-5-8(2)6-4-7;1-2-4-5-3-1;/h9-11,13-15,23H,12,16-17H2,1-8H3;2*1,3-6H,2H3;1-5H;/q-1;;;-1;. The van der Waals surface area contributed by atoms with Crippen LogP contribution in [-0.4, -0.2) is 7.42 Å². The molecule has 51 heavy (non-hydrogen) atoms. The van der Waals surface area contributed by atoms with Gasteiger partial charge in [-0.05, 0) is 40.6 Å². The molecule has 0 saturated heterocycles. The van der Waals surface area contributed by atoms with E-state index in [9.17, 15) is 0 Å². The maximum Gasteiger partial charge on any atom is -0.172 e. The van der Waals surface area contributed by atoms with Crippen LogP contribution in [0.25, 0.3) is 5.57 Å². The molecule has 0 N–H and O–H groups in total. The molecule has 0 bridgehead atoms. The van der Waals surface area contributed by atoms with Gasteiger partial charge in [0.25, 0.3) is 0 Å². The maximum atomic E-state index is 2.62. The van der Waals surface area contributed by atoms with Crippen LogP contribution < -0.4 is 0 Å². The third-order valence-corrected chi connectivity index (χ3v) is 16.5. The summed E-state index contributed by atoms with van der Waals surface area (Å²) in [4.78, 5) is 0. The molecule has 0 nitrogen and oxygen atoms in total. The molecular weight excluding hydrogens is 692 g/mol. The van der Waals surface area contributed by atoms with E-state index >= 15 is 0 Å². The molecule has 1 fully saturated rings. The van der Waals surface area contributed by atoms with Gasteiger partial charge in [0.15, 0.2) is 0 Å². The van der Waals surface area contributed by atoms with Crippen molar-refractivity contribution in [1.82, 2.24) is 0 Å². The largest absolute Gasteiger partial charge is 0.214 e. The van der Waals surface area contributed by atoms with E-state index in [1.165, 1.54) is 46.2 Å². The van der Waals surface area contributed by atoms with Gasteiger partial charge < -0.3 is 0 Å². The van der Waals surface area contributed by atoms with Gasteiger partial charge in [-0.25, -0.2) is 18.1 Å². The van der Waals surface area contributed by atoms with Crippen molar-refractivity contribution in [1.29, 1.82) is 0 Å². The minimum atomic E-state index is -0.537. The van der Waals surface area contributed by atoms with Crippen molar-refractivity contribution in [2.24, 2.45) is 27.6 Å². The summed E-state index contributed by atoms with van der Waals surface area (Å²) in [5.74, 6) is 2.24. The smallest absolute Gasteiger partial charge is 0.172 e. The SMILES string of the molecule is C[C-]1C2=C3Cc4ccccc4C3=C3C=CCCC3C2(C)C(C)(C)C(C)(C)C1(C)C.Cc1ccc([CH]=[Zr]=[CH]c2ccc(C)cc2)cc1.c1cc[cH-]c1. The number of rotatable bonds is 2. The van der Waals surface area contributed by atoms with Crippen LogP contribution in [0, 0.1) is 47.3 Å². The monoisotopic (exact) mass is 748 g/mol. The van der Waals surface area contributed by atoms with Gasteiger partial charge in [-0.1, -0.05) is 113 Å². The Morgan fingerprint density at radius 1 is 0.725 bits per heavy atom. The summed E-state index contributed by atoms with van der Waals surface area (Å²) in [7, 11) is 0. The molecule has 2 unspecified atom stereocenters. The fraction of sp³-hybridized carbons (Fsp3) is 0.360. The number of fused-ring (bicyclic) bond motifs is 6. The van der Waals surface area contributed by atoms with Crippen molar-refractivity contribution in [3.63, 3.8) is 0 Å². The van der Waals surface area contributed by atoms with E-state index in [2.05, 4.69) is 162 Å². The van der Waals surface area contributed by atoms with E-state index in [1.54, 1.807) is 28.2 Å². The van der Waals surface area contributed by atoms with Crippen molar-refractivity contribution in [2.75, 3.05) is 0 Å². The zero-order valence-corrected chi connectivity index (χ0v) is 35.3. The number of aryl methyl sites for hydroxylation is 2. The summed E-state index contributed by atoms with van der Waals surface area (Å²) in [6.45, 7) is 24.5. The number of allylic oxidation sites excluding steroid dienone is 6. The topological polar surface area (TPSA) is 0 Å². The molecule has 4 aromatic carbocycles. The third kappa shape index (κ3) is 6.63. The predicted octanol–water partition coefficient (Wildman–Crippen LogP) is 12.8. The minimum absolute atomic E-state index is 0.164. The van der Waals surface area contributed by atoms with Crippen LogP contribution in [0.1, 0.15) is 102 Å². The van der Waals surface area contributed by atoms with Gasteiger partial charge in [-0.15, -0.1) is 6.92 Å². The molecule has 0 radical (unpaired) electrons. The van der Waals surface area contributed by atoms with Crippen LogP contribution in [-0.2, 0) is 28.7 Å². The number of hydrogen-bond donors (Lipinski definition) is 0. The first-order valence-corrected chi connectivity index (χ1v) is 21.9. The molecule has 264 valence electrons. The molecule has 1 heteroatoms. The second-order valence-electron chi connectivity index (χ2n) is 17.0. The van der Waals surface area contributed by atoms with Crippen molar-refractivity contribution in [3.8, 4) is 0 Å². The average molecular weight is 750 g/mol. The first-order chi connectivity index (χ1) is 24.2. The molecule has 0 amide bonds. The Bertz CT molecular complexity index is 1930. The van der Waals surface area contributed by atoms with E-state index in [4.69, 9.17) is 0 Å². The van der Waals surface area contributed by atoms with Gasteiger partial charge >= 0.3 is 114 Å². The molecular formula is C50H58Zr-2. The average Bonchev–Trinajstić information content (AvgIpc) is 3.82. The molecule has 0 heterocycles. The Balaban J connectivity index is 0.000000171. The van der Waals surface area contributed by atoms with Gasteiger partial charge in [0.05, 0.1) is 0 Å². The van der Waals surface area contributed by atoms with Crippen molar-refractivity contribution >= 4 is 13.0 Å². The normalized spacial score (nSPS) is 22.9. The molecule has 2 atom stereocenters. The van der Waals surface area contributed by atoms with E-state index in [-0.39, 0.29) is 21.7 Å². The van der Waals surface area contributed by atoms with Crippen molar-refractivity contribution in [3.05, 3.63) is 171 Å². The Morgan fingerprint density at radius 2 is 1.29 bits per heavy atom. The van der Waals surface area contributed by atoms with Crippen LogP contribution in [0.3, 0.4) is 0 Å². The number of hydrogen-bond acceptors (Lipinski definition) is 0. The van der Waals surface area contributed by atoms with Crippen molar-refractivity contribution < 1.29 is 22.3 Å². The zero-order chi connectivity index (χ0) is 36.6. The Hall–Kier alpha value is -3.28. The molecule has 4 aromatic rings. The Kier molecular flexibility index (Phi) is 10.7. The minimum Gasteiger partial charge on any atom is -0.214 e. The Labute approximate surface area is 320 Å². The molecule has 8 rings (SSSR count). The van der Waals surface area contributed by atoms with Crippen LogP contribution >= 0.6 is 0 Å². The van der Waals surface area contributed by atoms with E-state index in [0.29, 0.717) is 5.92 Å². The molecule has 0 aliphatic heterocycles. The summed E-state index contributed by atoms with van der Waals surface area (Å²) in [5, 5.41) is 0. The predicted molar refractivity (Wildman–Crippen MR) is 219 cm³/mol. The summed E-state index contributed by atoms with van der Waals surface area (Å²) in [6, 6.07) is 36.7. The van der Waals surface area contributed by atoms with Gasteiger partial charge in [0.1, 0.15) is 0 Å². The van der Waals surface area contributed by atoms with E-state index < -0.39 is 22.3 Å². The van der Waals surface area contributed by atoms with Gasteiger partial charge in [0, 0.05) is 0 Å². The van der Waals surface area contributed by atoms with Crippen LogP contribution in [0.15, 0.2) is 132 Å². The quantitative estimate of drug-likeness (QED) is 0.179. The maximum absolute atomic E-state index is 2.62. The second-order valence-corrected chi connectivity index (χ2v) is 19.2. The van der Waals surface area contributed by atoms with Gasteiger partial charge in [-0.3, -0.25) is 0 Å². The summed E-state index contributed by atoms with van der Waals surface area (Å²) in [6.07, 6.45) is 8.50. The first-order valence-electron chi connectivity index (χ1n) is 19.0. The molecule has 4 aliphatic rings. The first kappa shape index (κ1) is 37.5. The summed E-state index contributed by atoms with van der Waals surface area (Å²) >= 11 is -0.537. The van der Waals surface area contributed by atoms with Gasteiger partial charge in [-0.2, -0.15) is 29.3 Å². The molecule has 4 aliphatic carbocycles. The van der Waals surface area contributed by atoms with Crippen LogP contribution in [0.5, 0.6) is 0 Å². The van der Waals surface area contributed by atoms with Gasteiger partial charge in [0.2, 0.25) is 0 Å². The van der Waals surface area contributed by atoms with Crippen LogP contribution in [0.2, 0.25) is 0 Å². The molecule has 1 saturated carbocycles. The summed E-state index contributed by atoms with van der Waals surface area (Å²) in [5.41, 5.74) is 15.7. The Morgan fingerprint density at radius 3 is 1.84 bits per heavy atom. The third-order valence-electron chi connectivity index (χ3n) is 14.0. The van der Waals surface area contributed by atoms with Crippen LogP contribution in [0.4, 0.5) is 0 Å². The van der Waals surface area contributed by atoms with Crippen molar-refractivity contribution in [2.45, 2.75) is 88.5 Å². The van der Waals surface area contributed by atoms with E-state index in [1.807, 2.05) is 30.3 Å². The van der Waals surface area contributed by atoms with E-state index in [0.717, 1.165) is 6.42 Å². The fourth-order valence-electron chi connectivity index (χ4n) is 9.45. The second kappa shape index (κ2) is 14.6. The molecule has 0 spiro atoms. The molecule has 0 aromatic heterocycles. The summed E-state index contributed by atoms with van der Waals surface area (Å²) < 4.78 is 4.84. The number of benzene rings is 3. The zero-order valence-electron chi connectivity index (χ0n) is 32.8.